The van der Waals surface area contributed by atoms with E-state index < -0.39 is 0 Å². The van der Waals surface area contributed by atoms with Crippen LogP contribution < -0.4 is 0 Å². The summed E-state index contributed by atoms with van der Waals surface area (Å²) in [5.74, 6) is 2.65. The standard InChI is InChI=1S/C23H34O4/c1-12-22(26-12)17-11-18-23(27-19(22)25-18)16-5-4-13-10-14(24)6-8-20(13,2)15(16)7-9-21(17,23)3/h12-19,24H,4-11H2,1-3H3. The minimum absolute atomic E-state index is 0.0713. The molecule has 12 atom stereocenters. The zero-order valence-electron chi connectivity index (χ0n) is 16.9. The second-order valence-electron chi connectivity index (χ2n) is 11.6. The number of rotatable bonds is 0. The van der Waals surface area contributed by atoms with E-state index in [4.69, 9.17) is 14.2 Å². The third-order valence-corrected chi connectivity index (χ3v) is 11.2. The Hall–Kier alpha value is -0.160. The summed E-state index contributed by atoms with van der Waals surface area (Å²) in [5, 5.41) is 10.3. The van der Waals surface area contributed by atoms with Gasteiger partial charge in [0.25, 0.3) is 0 Å². The molecule has 27 heavy (non-hydrogen) atoms. The fraction of sp³-hybridized carbons (Fsp3) is 1.00. The molecule has 4 saturated heterocycles. The van der Waals surface area contributed by atoms with Gasteiger partial charge >= 0.3 is 0 Å². The average Bonchev–Trinajstić information content (AvgIpc) is 3.07. The van der Waals surface area contributed by atoms with Crippen LogP contribution >= 0.6 is 0 Å². The third kappa shape index (κ3) is 1.53. The van der Waals surface area contributed by atoms with E-state index in [0.29, 0.717) is 23.2 Å². The van der Waals surface area contributed by atoms with E-state index in [9.17, 15) is 5.11 Å². The molecule has 0 amide bonds. The van der Waals surface area contributed by atoms with E-state index in [-0.39, 0.29) is 41.2 Å². The van der Waals surface area contributed by atoms with E-state index in [0.717, 1.165) is 25.2 Å². The molecule has 1 N–H and O–H groups in total. The van der Waals surface area contributed by atoms with E-state index in [2.05, 4.69) is 20.8 Å². The Morgan fingerprint density at radius 2 is 1.74 bits per heavy atom. The zero-order chi connectivity index (χ0) is 18.4. The van der Waals surface area contributed by atoms with Crippen molar-refractivity contribution in [2.24, 2.45) is 34.5 Å². The second-order valence-corrected chi connectivity index (χ2v) is 11.6. The molecule has 0 aromatic heterocycles. The largest absolute Gasteiger partial charge is 0.393 e. The van der Waals surface area contributed by atoms with Crippen LogP contribution in [0.5, 0.6) is 0 Å². The molecule has 4 aliphatic carbocycles. The van der Waals surface area contributed by atoms with Crippen molar-refractivity contribution in [2.75, 3.05) is 0 Å². The number of hydrogen-bond donors (Lipinski definition) is 1. The minimum atomic E-state index is -0.145. The zero-order valence-corrected chi connectivity index (χ0v) is 16.9. The van der Waals surface area contributed by atoms with Gasteiger partial charge in [-0.15, -0.1) is 0 Å². The molecule has 8 fully saturated rings. The molecule has 8 rings (SSSR count). The summed E-state index contributed by atoms with van der Waals surface area (Å²) >= 11 is 0. The highest BCUT2D eigenvalue weighted by Gasteiger charge is 2.88. The lowest BCUT2D eigenvalue weighted by Crippen LogP contribution is -2.68. The monoisotopic (exact) mass is 374 g/mol. The fourth-order valence-corrected chi connectivity index (χ4v) is 9.93. The highest BCUT2D eigenvalue weighted by molar-refractivity contribution is 5.33. The molecule has 0 radical (unpaired) electrons. The maximum atomic E-state index is 10.3. The van der Waals surface area contributed by atoms with Crippen LogP contribution in [0.2, 0.25) is 0 Å². The first-order valence-corrected chi connectivity index (χ1v) is 11.6. The van der Waals surface area contributed by atoms with Crippen LogP contribution in [-0.4, -0.2) is 40.9 Å². The van der Waals surface area contributed by atoms with Gasteiger partial charge in [-0.1, -0.05) is 13.8 Å². The Morgan fingerprint density at radius 3 is 2.52 bits per heavy atom. The van der Waals surface area contributed by atoms with E-state index in [1.807, 2.05) is 0 Å². The summed E-state index contributed by atoms with van der Waals surface area (Å²) in [6, 6.07) is 0. The number of hydrogen-bond acceptors (Lipinski definition) is 4. The molecule has 0 aromatic carbocycles. The molecule has 12 unspecified atom stereocenters. The minimum Gasteiger partial charge on any atom is -0.393 e. The molecule has 150 valence electrons. The molecule has 4 heteroatoms. The number of epoxide rings is 1. The number of ether oxygens (including phenoxy) is 3. The maximum Gasteiger partial charge on any atom is 0.190 e. The van der Waals surface area contributed by atoms with Crippen LogP contribution in [0.3, 0.4) is 0 Å². The second kappa shape index (κ2) is 4.61. The van der Waals surface area contributed by atoms with Crippen molar-refractivity contribution < 1.29 is 19.3 Å². The lowest BCUT2D eigenvalue weighted by Gasteiger charge is -2.65. The van der Waals surface area contributed by atoms with Crippen LogP contribution in [0, 0.1) is 34.5 Å². The van der Waals surface area contributed by atoms with Gasteiger partial charge in [-0.3, -0.25) is 0 Å². The maximum absolute atomic E-state index is 10.3. The number of fused-ring (bicyclic) bond motifs is 3. The number of aliphatic hydroxyl groups excluding tert-OH is 1. The van der Waals surface area contributed by atoms with Gasteiger partial charge in [0.1, 0.15) is 11.2 Å². The van der Waals surface area contributed by atoms with Crippen molar-refractivity contribution in [3.63, 3.8) is 0 Å². The molecule has 4 saturated carbocycles. The topological polar surface area (TPSA) is 51.2 Å². The Balaban J connectivity index is 1.31. The molecule has 0 aromatic rings. The Labute approximate surface area is 162 Å². The van der Waals surface area contributed by atoms with Crippen molar-refractivity contribution in [3.05, 3.63) is 0 Å². The van der Waals surface area contributed by atoms with Gasteiger partial charge in [-0.2, -0.15) is 0 Å². The van der Waals surface area contributed by atoms with Crippen LogP contribution in [0.15, 0.2) is 0 Å². The lowest BCUT2D eigenvalue weighted by molar-refractivity contribution is -0.285. The summed E-state index contributed by atoms with van der Waals surface area (Å²) in [4.78, 5) is 0. The molecule has 4 aliphatic heterocycles. The van der Waals surface area contributed by atoms with E-state index in [1.54, 1.807) is 0 Å². The van der Waals surface area contributed by atoms with Crippen LogP contribution in [-0.2, 0) is 14.2 Å². The summed E-state index contributed by atoms with van der Waals surface area (Å²) in [7, 11) is 0. The van der Waals surface area contributed by atoms with Gasteiger partial charge in [0.05, 0.1) is 18.3 Å². The molecule has 8 aliphatic rings. The predicted molar refractivity (Wildman–Crippen MR) is 98.9 cm³/mol. The fourth-order valence-electron chi connectivity index (χ4n) is 9.93. The van der Waals surface area contributed by atoms with Gasteiger partial charge in [-0.05, 0) is 81.5 Å². The normalized spacial score (nSPS) is 70.7. The smallest absolute Gasteiger partial charge is 0.190 e. The first-order chi connectivity index (χ1) is 12.9. The molecular formula is C23H34O4. The van der Waals surface area contributed by atoms with Gasteiger partial charge in [0.15, 0.2) is 6.29 Å². The van der Waals surface area contributed by atoms with E-state index in [1.165, 1.54) is 32.1 Å². The molecular weight excluding hydrogens is 340 g/mol. The van der Waals surface area contributed by atoms with Crippen molar-refractivity contribution in [2.45, 2.75) is 108 Å². The Morgan fingerprint density at radius 1 is 0.926 bits per heavy atom. The summed E-state index contributed by atoms with van der Waals surface area (Å²) in [5.41, 5.74) is 0.358. The molecule has 2 spiro atoms. The van der Waals surface area contributed by atoms with E-state index >= 15 is 0 Å². The first kappa shape index (κ1) is 16.6. The molecule has 4 bridgehead atoms. The highest BCUT2D eigenvalue weighted by atomic mass is 16.8. The first-order valence-electron chi connectivity index (χ1n) is 11.6. The SMILES string of the molecule is CC1OC12C1OC3CC2C2(C)CCC4C(CCC5CC(O)CCC54C)C32O1. The van der Waals surface area contributed by atoms with Crippen molar-refractivity contribution in [1.29, 1.82) is 0 Å². The summed E-state index contributed by atoms with van der Waals surface area (Å²) in [6.07, 6.45) is 9.81. The third-order valence-electron chi connectivity index (χ3n) is 11.2. The van der Waals surface area contributed by atoms with Gasteiger partial charge < -0.3 is 19.3 Å². The van der Waals surface area contributed by atoms with Gasteiger partial charge in [0.2, 0.25) is 0 Å². The predicted octanol–water partition coefficient (Wildman–Crippen LogP) is 3.65. The van der Waals surface area contributed by atoms with Crippen molar-refractivity contribution in [3.8, 4) is 0 Å². The Bertz CT molecular complexity index is 710. The lowest BCUT2D eigenvalue weighted by atomic mass is 9.42. The summed E-state index contributed by atoms with van der Waals surface area (Å²) in [6.45, 7) is 7.28. The quantitative estimate of drug-likeness (QED) is 0.658. The Kier molecular flexibility index (Phi) is 2.83. The number of aliphatic hydroxyl groups is 1. The van der Waals surface area contributed by atoms with Crippen molar-refractivity contribution >= 4 is 0 Å². The summed E-state index contributed by atoms with van der Waals surface area (Å²) < 4.78 is 19.8. The van der Waals surface area contributed by atoms with Crippen LogP contribution in [0.4, 0.5) is 0 Å². The van der Waals surface area contributed by atoms with Gasteiger partial charge in [0, 0.05) is 11.3 Å². The molecule has 4 nitrogen and oxygen atoms in total. The molecule has 4 heterocycles. The van der Waals surface area contributed by atoms with Crippen LogP contribution in [0.25, 0.3) is 0 Å². The average molecular weight is 375 g/mol. The van der Waals surface area contributed by atoms with Crippen molar-refractivity contribution in [1.82, 2.24) is 0 Å². The van der Waals surface area contributed by atoms with Gasteiger partial charge in [-0.25, -0.2) is 0 Å². The van der Waals surface area contributed by atoms with Crippen LogP contribution in [0.1, 0.15) is 72.1 Å². The highest BCUT2D eigenvalue weighted by Crippen LogP contribution is 2.79.